The zero-order valence-corrected chi connectivity index (χ0v) is 14.1. The van der Waals surface area contributed by atoms with Gasteiger partial charge in [-0.15, -0.1) is 0 Å². The first kappa shape index (κ1) is 15.9. The summed E-state index contributed by atoms with van der Waals surface area (Å²) in [5, 5.41) is 10.7. The zero-order valence-electron chi connectivity index (χ0n) is 14.1. The molecule has 1 amide bonds. The van der Waals surface area contributed by atoms with Crippen LogP contribution < -0.4 is 5.32 Å². The van der Waals surface area contributed by atoms with Crippen molar-refractivity contribution >= 4 is 34.2 Å². The second-order valence-electron chi connectivity index (χ2n) is 6.05. The quantitative estimate of drug-likeness (QED) is 0.513. The van der Waals surface area contributed by atoms with Gasteiger partial charge in [-0.1, -0.05) is 12.2 Å². The number of nitrogens with zero attached hydrogens (tertiary/aromatic N) is 4. The van der Waals surface area contributed by atoms with Crippen LogP contribution in [0.3, 0.4) is 0 Å². The molecule has 8 nitrogen and oxygen atoms in total. The minimum absolute atomic E-state index is 0.0365. The minimum atomic E-state index is -0.245. The number of carbonyl (C=O) groups is 1. The van der Waals surface area contributed by atoms with E-state index in [-0.39, 0.29) is 17.8 Å². The number of hydrogen-bond acceptors (Lipinski definition) is 5. The number of hydrogen-bond donors (Lipinski definition) is 3. The Morgan fingerprint density at radius 3 is 3.15 bits per heavy atom. The Morgan fingerprint density at radius 1 is 1.35 bits per heavy atom. The molecule has 0 aliphatic heterocycles. The molecule has 8 heteroatoms. The van der Waals surface area contributed by atoms with Crippen molar-refractivity contribution in [1.82, 2.24) is 35.5 Å². The van der Waals surface area contributed by atoms with Gasteiger partial charge in [-0.2, -0.15) is 5.10 Å². The minimum Gasteiger partial charge on any atom is -0.347 e. The van der Waals surface area contributed by atoms with E-state index in [0.29, 0.717) is 12.1 Å². The molecule has 0 fully saturated rings. The molecular formula is C18H17N7O. The molecule has 4 heterocycles. The summed E-state index contributed by atoms with van der Waals surface area (Å²) in [6.07, 6.45) is 9.84. The van der Waals surface area contributed by atoms with Crippen LogP contribution in [0.4, 0.5) is 0 Å². The molecule has 3 N–H and O–H groups in total. The van der Waals surface area contributed by atoms with Gasteiger partial charge < -0.3 is 10.3 Å². The number of fused-ring (bicyclic) bond motifs is 2. The summed E-state index contributed by atoms with van der Waals surface area (Å²) in [7, 11) is 0. The predicted octanol–water partition coefficient (Wildman–Crippen LogP) is 2.45. The van der Waals surface area contributed by atoms with Crippen molar-refractivity contribution in [1.29, 1.82) is 0 Å². The molecule has 0 saturated carbocycles. The van der Waals surface area contributed by atoms with Crippen LogP contribution in [0.15, 0.2) is 42.9 Å². The fourth-order valence-corrected chi connectivity index (χ4v) is 2.66. The predicted molar refractivity (Wildman–Crippen MR) is 98.4 cm³/mol. The van der Waals surface area contributed by atoms with Gasteiger partial charge in [-0.25, -0.2) is 15.0 Å². The number of carbonyl (C=O) groups excluding carboxylic acids is 1. The van der Waals surface area contributed by atoms with Crippen molar-refractivity contribution in [2.75, 3.05) is 0 Å². The highest BCUT2D eigenvalue weighted by molar-refractivity contribution is 5.93. The lowest BCUT2D eigenvalue weighted by atomic mass is 10.1. The zero-order chi connectivity index (χ0) is 17.9. The molecule has 1 atom stereocenters. The van der Waals surface area contributed by atoms with Gasteiger partial charge in [0.1, 0.15) is 0 Å². The van der Waals surface area contributed by atoms with Gasteiger partial charge in [-0.05, 0) is 37.1 Å². The van der Waals surface area contributed by atoms with Crippen molar-refractivity contribution in [2.45, 2.75) is 19.4 Å². The Hall–Kier alpha value is -3.55. The Labute approximate surface area is 148 Å². The standard InChI is InChI=1S/C18H17N7O/c1-11(4-2-5-12-8-13-10-21-25-15(13)20-9-12)22-18(26)17-23-14-6-3-7-19-16(14)24-17/h2-3,5-11H,4H2,1H3,(H,22,26)(H,19,23,24)(H,20,21,25)/b5-2+/t11-/m0/s1. The van der Waals surface area contributed by atoms with Crippen LogP contribution in [0.5, 0.6) is 0 Å². The number of rotatable bonds is 5. The van der Waals surface area contributed by atoms with Crippen molar-refractivity contribution in [3.8, 4) is 0 Å². The molecule has 4 aromatic heterocycles. The summed E-state index contributed by atoms with van der Waals surface area (Å²) >= 11 is 0. The number of H-pyrrole nitrogens is 2. The van der Waals surface area contributed by atoms with Gasteiger partial charge in [-0.3, -0.25) is 9.89 Å². The Morgan fingerprint density at radius 2 is 2.27 bits per heavy atom. The van der Waals surface area contributed by atoms with Crippen molar-refractivity contribution in [3.63, 3.8) is 0 Å². The second-order valence-corrected chi connectivity index (χ2v) is 6.05. The van der Waals surface area contributed by atoms with Crippen LogP contribution in [-0.2, 0) is 0 Å². The summed E-state index contributed by atoms with van der Waals surface area (Å²) in [5.41, 5.74) is 3.03. The third-order valence-electron chi connectivity index (χ3n) is 3.96. The molecule has 0 aliphatic rings. The number of amides is 1. The third kappa shape index (κ3) is 3.30. The fraction of sp³-hybridized carbons (Fsp3) is 0.167. The van der Waals surface area contributed by atoms with E-state index in [2.05, 4.69) is 35.5 Å². The maximum atomic E-state index is 12.3. The highest BCUT2D eigenvalue weighted by Gasteiger charge is 2.13. The average Bonchev–Trinajstić information content (AvgIpc) is 3.27. The van der Waals surface area contributed by atoms with Gasteiger partial charge in [0, 0.05) is 23.8 Å². The third-order valence-corrected chi connectivity index (χ3v) is 3.96. The van der Waals surface area contributed by atoms with Crippen LogP contribution in [0.1, 0.15) is 29.5 Å². The molecule has 0 aliphatic carbocycles. The largest absolute Gasteiger partial charge is 0.347 e. The van der Waals surface area contributed by atoms with Gasteiger partial charge in [0.05, 0.1) is 11.7 Å². The average molecular weight is 347 g/mol. The topological polar surface area (TPSA) is 112 Å². The first-order valence-electron chi connectivity index (χ1n) is 8.26. The van der Waals surface area contributed by atoms with Gasteiger partial charge in [0.15, 0.2) is 17.1 Å². The SMILES string of the molecule is C[C@@H](C/C=C/c1cnc2[nH]ncc2c1)NC(=O)c1nc2ncccc2[nH]1. The van der Waals surface area contributed by atoms with Gasteiger partial charge >= 0.3 is 0 Å². The second kappa shape index (κ2) is 6.75. The van der Waals surface area contributed by atoms with Crippen LogP contribution >= 0.6 is 0 Å². The number of imidazole rings is 1. The summed E-state index contributed by atoms with van der Waals surface area (Å²) in [4.78, 5) is 27.9. The molecule has 0 radical (unpaired) electrons. The van der Waals surface area contributed by atoms with Crippen LogP contribution in [0.25, 0.3) is 28.3 Å². The van der Waals surface area contributed by atoms with E-state index in [9.17, 15) is 4.79 Å². The van der Waals surface area contributed by atoms with E-state index >= 15 is 0 Å². The molecule has 0 saturated heterocycles. The lowest BCUT2D eigenvalue weighted by Gasteiger charge is -2.10. The van der Waals surface area contributed by atoms with Crippen molar-refractivity contribution < 1.29 is 4.79 Å². The number of aromatic amines is 2. The number of pyridine rings is 2. The van der Waals surface area contributed by atoms with Gasteiger partial charge in [0.2, 0.25) is 0 Å². The lowest BCUT2D eigenvalue weighted by Crippen LogP contribution is -2.32. The monoisotopic (exact) mass is 347 g/mol. The molecule has 130 valence electrons. The van der Waals surface area contributed by atoms with E-state index in [1.807, 2.05) is 31.2 Å². The molecular weight excluding hydrogens is 330 g/mol. The highest BCUT2D eigenvalue weighted by Crippen LogP contribution is 2.12. The molecule has 0 bridgehead atoms. The maximum Gasteiger partial charge on any atom is 0.287 e. The molecule has 0 aromatic carbocycles. The Bertz CT molecular complexity index is 1060. The number of nitrogens with one attached hydrogen (secondary N) is 3. The number of aromatic nitrogens is 6. The molecule has 0 unspecified atom stereocenters. The van der Waals surface area contributed by atoms with Crippen molar-refractivity contribution in [2.24, 2.45) is 0 Å². The van der Waals surface area contributed by atoms with Crippen LogP contribution in [-0.4, -0.2) is 42.1 Å². The van der Waals surface area contributed by atoms with Gasteiger partial charge in [0.25, 0.3) is 5.91 Å². The summed E-state index contributed by atoms with van der Waals surface area (Å²) in [6.45, 7) is 1.95. The van der Waals surface area contributed by atoms with E-state index in [4.69, 9.17) is 0 Å². The van der Waals surface area contributed by atoms with E-state index in [1.165, 1.54) is 0 Å². The molecule has 4 aromatic rings. The Kier molecular flexibility index (Phi) is 4.14. The van der Waals surface area contributed by atoms with Crippen LogP contribution in [0, 0.1) is 0 Å². The Balaban J connectivity index is 1.36. The lowest BCUT2D eigenvalue weighted by molar-refractivity contribution is 0.0931. The summed E-state index contributed by atoms with van der Waals surface area (Å²) in [6, 6.07) is 5.60. The van der Waals surface area contributed by atoms with Crippen LogP contribution in [0.2, 0.25) is 0 Å². The normalized spacial score (nSPS) is 12.8. The summed E-state index contributed by atoms with van der Waals surface area (Å²) < 4.78 is 0. The fourth-order valence-electron chi connectivity index (χ4n) is 2.66. The smallest absolute Gasteiger partial charge is 0.287 e. The molecule has 0 spiro atoms. The molecule has 26 heavy (non-hydrogen) atoms. The van der Waals surface area contributed by atoms with E-state index in [1.54, 1.807) is 24.7 Å². The first-order chi connectivity index (χ1) is 12.7. The van der Waals surface area contributed by atoms with E-state index in [0.717, 1.165) is 22.1 Å². The first-order valence-corrected chi connectivity index (χ1v) is 8.26. The van der Waals surface area contributed by atoms with E-state index < -0.39 is 0 Å². The molecule has 4 rings (SSSR count). The van der Waals surface area contributed by atoms with Crippen molar-refractivity contribution in [3.05, 3.63) is 54.3 Å². The highest BCUT2D eigenvalue weighted by atomic mass is 16.2. The maximum absolute atomic E-state index is 12.3. The summed E-state index contributed by atoms with van der Waals surface area (Å²) in [5.74, 6) is 0.0227.